The summed E-state index contributed by atoms with van der Waals surface area (Å²) in [6.45, 7) is 2.51. The topological polar surface area (TPSA) is 53.2 Å². The Hall–Kier alpha value is -3.18. The Morgan fingerprint density at radius 2 is 1.63 bits per heavy atom. The largest absolute Gasteiger partial charge is 0.348 e. The van der Waals surface area contributed by atoms with Gasteiger partial charge in [0.05, 0.1) is 0 Å². The zero-order valence-electron chi connectivity index (χ0n) is 15.0. The van der Waals surface area contributed by atoms with Gasteiger partial charge in [-0.3, -0.25) is 4.79 Å². The molecule has 0 aliphatic carbocycles. The SMILES string of the molecule is Cc1ccccc1NC(=S)Nc1cccc(C(=O)NCc2ccccc2)c1. The number of hydrogen-bond acceptors (Lipinski definition) is 2. The predicted octanol–water partition coefficient (Wildman–Crippen LogP) is 4.73. The summed E-state index contributed by atoms with van der Waals surface area (Å²) in [6.07, 6.45) is 0. The fourth-order valence-corrected chi connectivity index (χ4v) is 2.84. The van der Waals surface area contributed by atoms with Gasteiger partial charge in [0.15, 0.2) is 5.11 Å². The molecule has 3 N–H and O–H groups in total. The highest BCUT2D eigenvalue weighted by molar-refractivity contribution is 7.80. The van der Waals surface area contributed by atoms with Crippen molar-refractivity contribution in [3.05, 3.63) is 95.6 Å². The lowest BCUT2D eigenvalue weighted by Crippen LogP contribution is -2.23. The first kappa shape index (κ1) is 18.6. The smallest absolute Gasteiger partial charge is 0.251 e. The monoisotopic (exact) mass is 375 g/mol. The second-order valence-corrected chi connectivity index (χ2v) is 6.55. The van der Waals surface area contributed by atoms with Gasteiger partial charge in [-0.05, 0) is 54.5 Å². The molecule has 3 aromatic carbocycles. The molecule has 0 aromatic heterocycles. The van der Waals surface area contributed by atoms with Crippen LogP contribution in [0.3, 0.4) is 0 Å². The van der Waals surface area contributed by atoms with Crippen molar-refractivity contribution in [3.63, 3.8) is 0 Å². The summed E-state index contributed by atoms with van der Waals surface area (Å²) in [4.78, 5) is 12.4. The van der Waals surface area contributed by atoms with Gasteiger partial charge in [-0.15, -0.1) is 0 Å². The Morgan fingerprint density at radius 1 is 0.889 bits per heavy atom. The summed E-state index contributed by atoms with van der Waals surface area (Å²) in [7, 11) is 0. The van der Waals surface area contributed by atoms with Gasteiger partial charge in [-0.1, -0.05) is 54.6 Å². The number of carbonyl (C=O) groups excluding carboxylic acids is 1. The van der Waals surface area contributed by atoms with E-state index in [-0.39, 0.29) is 5.91 Å². The molecule has 0 saturated heterocycles. The molecule has 3 aromatic rings. The first-order valence-electron chi connectivity index (χ1n) is 8.67. The lowest BCUT2D eigenvalue weighted by Gasteiger charge is -2.13. The van der Waals surface area contributed by atoms with Crippen molar-refractivity contribution in [2.45, 2.75) is 13.5 Å². The number of benzene rings is 3. The molecule has 1 amide bonds. The Kier molecular flexibility index (Phi) is 6.18. The molecule has 0 unspecified atom stereocenters. The van der Waals surface area contributed by atoms with E-state index in [1.54, 1.807) is 12.1 Å². The van der Waals surface area contributed by atoms with E-state index in [1.165, 1.54) is 0 Å². The summed E-state index contributed by atoms with van der Waals surface area (Å²) in [5.74, 6) is -0.125. The van der Waals surface area contributed by atoms with Crippen LogP contribution in [0, 0.1) is 6.92 Å². The fraction of sp³-hybridized carbons (Fsp3) is 0.0909. The first-order chi connectivity index (χ1) is 13.1. The van der Waals surface area contributed by atoms with Gasteiger partial charge in [0.25, 0.3) is 5.91 Å². The quantitative estimate of drug-likeness (QED) is 0.564. The Balaban J connectivity index is 1.60. The summed E-state index contributed by atoms with van der Waals surface area (Å²) >= 11 is 5.38. The molecule has 0 fully saturated rings. The first-order valence-corrected chi connectivity index (χ1v) is 9.08. The maximum atomic E-state index is 12.4. The van der Waals surface area contributed by atoms with Crippen LogP contribution in [0.2, 0.25) is 0 Å². The maximum Gasteiger partial charge on any atom is 0.251 e. The van der Waals surface area contributed by atoms with Crippen LogP contribution in [0.15, 0.2) is 78.9 Å². The van der Waals surface area contributed by atoms with Crippen LogP contribution in [-0.2, 0) is 6.54 Å². The zero-order chi connectivity index (χ0) is 19.1. The molecule has 5 heteroatoms. The highest BCUT2D eigenvalue weighted by Crippen LogP contribution is 2.15. The number of amides is 1. The molecule has 27 heavy (non-hydrogen) atoms. The number of thiocarbonyl (C=S) groups is 1. The summed E-state index contributed by atoms with van der Waals surface area (Å²) in [5, 5.41) is 9.71. The van der Waals surface area contributed by atoms with Gasteiger partial charge in [-0.25, -0.2) is 0 Å². The van der Waals surface area contributed by atoms with E-state index in [1.807, 2.05) is 73.7 Å². The van der Waals surface area contributed by atoms with E-state index in [4.69, 9.17) is 12.2 Å². The van der Waals surface area contributed by atoms with Gasteiger partial charge in [0.1, 0.15) is 0 Å². The molecule has 4 nitrogen and oxygen atoms in total. The van der Waals surface area contributed by atoms with E-state index >= 15 is 0 Å². The van der Waals surface area contributed by atoms with Gasteiger partial charge in [-0.2, -0.15) is 0 Å². The number of anilines is 2. The molecule has 0 bridgehead atoms. The molecule has 0 aliphatic heterocycles. The fourth-order valence-electron chi connectivity index (χ4n) is 2.62. The molecular formula is C22H21N3OS. The third kappa shape index (κ3) is 5.39. The number of carbonyl (C=O) groups is 1. The van der Waals surface area contributed by atoms with Crippen LogP contribution in [0.4, 0.5) is 11.4 Å². The summed E-state index contributed by atoms with van der Waals surface area (Å²) in [6, 6.07) is 25.0. The van der Waals surface area contributed by atoms with Crippen LogP contribution in [-0.4, -0.2) is 11.0 Å². The van der Waals surface area contributed by atoms with Crippen molar-refractivity contribution < 1.29 is 4.79 Å². The number of nitrogens with one attached hydrogen (secondary N) is 3. The standard InChI is InChI=1S/C22H21N3OS/c1-16-8-5-6-13-20(16)25-22(27)24-19-12-7-11-18(14-19)21(26)23-15-17-9-3-2-4-10-17/h2-14H,15H2,1H3,(H,23,26)(H2,24,25,27). The van der Waals surface area contributed by atoms with E-state index in [0.29, 0.717) is 17.2 Å². The maximum absolute atomic E-state index is 12.4. The molecule has 0 saturated carbocycles. The molecule has 0 aliphatic rings. The van der Waals surface area contributed by atoms with E-state index in [2.05, 4.69) is 16.0 Å². The van der Waals surface area contributed by atoms with E-state index < -0.39 is 0 Å². The molecular weight excluding hydrogens is 354 g/mol. The minimum atomic E-state index is -0.125. The number of rotatable bonds is 5. The molecule has 136 valence electrons. The zero-order valence-corrected chi connectivity index (χ0v) is 15.8. The number of aryl methyl sites for hydroxylation is 1. The van der Waals surface area contributed by atoms with Crippen molar-refractivity contribution in [2.24, 2.45) is 0 Å². The van der Waals surface area contributed by atoms with Gasteiger partial charge in [0, 0.05) is 23.5 Å². The van der Waals surface area contributed by atoms with Crippen molar-refractivity contribution in [3.8, 4) is 0 Å². The minimum absolute atomic E-state index is 0.125. The third-order valence-electron chi connectivity index (χ3n) is 4.07. The summed E-state index contributed by atoms with van der Waals surface area (Å²) in [5.41, 5.74) is 4.45. The Bertz CT molecular complexity index is 941. The predicted molar refractivity (Wildman–Crippen MR) is 115 cm³/mol. The second kappa shape index (κ2) is 8.96. The molecule has 0 spiro atoms. The highest BCUT2D eigenvalue weighted by atomic mass is 32.1. The lowest BCUT2D eigenvalue weighted by molar-refractivity contribution is 0.0951. The van der Waals surface area contributed by atoms with Crippen LogP contribution >= 0.6 is 12.2 Å². The highest BCUT2D eigenvalue weighted by Gasteiger charge is 2.07. The number of para-hydroxylation sites is 1. The summed E-state index contributed by atoms with van der Waals surface area (Å²) < 4.78 is 0. The van der Waals surface area contributed by atoms with Crippen molar-refractivity contribution in [1.82, 2.24) is 5.32 Å². The van der Waals surface area contributed by atoms with E-state index in [0.717, 1.165) is 22.5 Å². The molecule has 3 rings (SSSR count). The van der Waals surface area contributed by atoms with Gasteiger partial charge in [0.2, 0.25) is 0 Å². The van der Waals surface area contributed by atoms with Crippen molar-refractivity contribution in [1.29, 1.82) is 0 Å². The normalized spacial score (nSPS) is 10.1. The van der Waals surface area contributed by atoms with Gasteiger partial charge >= 0.3 is 0 Å². The average molecular weight is 375 g/mol. The Morgan fingerprint density at radius 3 is 2.41 bits per heavy atom. The molecule has 0 radical (unpaired) electrons. The minimum Gasteiger partial charge on any atom is -0.348 e. The Labute approximate surface area is 164 Å². The van der Waals surface area contributed by atoms with Crippen molar-refractivity contribution >= 4 is 34.6 Å². The second-order valence-electron chi connectivity index (χ2n) is 6.14. The molecule has 0 atom stereocenters. The molecule has 0 heterocycles. The lowest BCUT2D eigenvalue weighted by atomic mass is 10.1. The van der Waals surface area contributed by atoms with Crippen LogP contribution in [0.25, 0.3) is 0 Å². The van der Waals surface area contributed by atoms with Crippen LogP contribution in [0.1, 0.15) is 21.5 Å². The van der Waals surface area contributed by atoms with Crippen molar-refractivity contribution in [2.75, 3.05) is 10.6 Å². The number of hydrogen-bond donors (Lipinski definition) is 3. The van der Waals surface area contributed by atoms with Crippen LogP contribution in [0.5, 0.6) is 0 Å². The average Bonchev–Trinajstić information content (AvgIpc) is 2.69. The van der Waals surface area contributed by atoms with Crippen LogP contribution < -0.4 is 16.0 Å². The van der Waals surface area contributed by atoms with Gasteiger partial charge < -0.3 is 16.0 Å². The van der Waals surface area contributed by atoms with E-state index in [9.17, 15) is 4.79 Å². The third-order valence-corrected chi connectivity index (χ3v) is 4.28.